The summed E-state index contributed by atoms with van der Waals surface area (Å²) >= 11 is 21.5. The zero-order chi connectivity index (χ0) is 86.4. The van der Waals surface area contributed by atoms with E-state index in [-0.39, 0.29) is 73.7 Å². The number of Topliss-reactive ketones (excluding diaryl/α,β-unsaturated/α-hetero) is 4. The predicted octanol–water partition coefficient (Wildman–Crippen LogP) is 8.85. The maximum atomic E-state index is 13.6. The van der Waals surface area contributed by atoms with Crippen molar-refractivity contribution >= 4 is 114 Å². The molecule has 0 saturated carbocycles. The summed E-state index contributed by atoms with van der Waals surface area (Å²) in [7, 11) is -4.05. The number of hydrogen-bond donors (Lipinski definition) is 11. The number of nitrogens with one attached hydrogen (secondary N) is 4. The summed E-state index contributed by atoms with van der Waals surface area (Å²) in [5, 5.41) is 118. The first-order chi connectivity index (χ1) is 58.4. The van der Waals surface area contributed by atoms with E-state index in [0.29, 0.717) is 28.4 Å². The molecule has 41 nitrogen and oxygen atoms in total. The van der Waals surface area contributed by atoms with E-state index in [2.05, 4.69) is 86.7 Å². The number of rotatable bonds is 10. The number of aromatic amines is 4. The number of hydrogen-bond acceptors (Lipinski definition) is 27. The Balaban J connectivity index is 0.000000148. The lowest BCUT2D eigenvalue weighted by Gasteiger charge is -2.23. The van der Waals surface area contributed by atoms with Crippen LogP contribution in [0, 0.1) is 0 Å². The minimum absolute atomic E-state index is 0.0157. The van der Waals surface area contributed by atoms with Gasteiger partial charge in [0.25, 0.3) is 10.1 Å². The highest BCUT2D eigenvalue weighted by molar-refractivity contribution is 7.85. The smallest absolute Gasteiger partial charge is 0.297 e. The first-order valence-corrected chi connectivity index (χ1v) is 37.0. The topological polar surface area (TPSA) is 553 Å². The van der Waals surface area contributed by atoms with Crippen molar-refractivity contribution in [2.75, 3.05) is 0 Å². The van der Waals surface area contributed by atoms with Crippen LogP contribution in [0.3, 0.4) is 0 Å². The lowest BCUT2D eigenvalue weighted by molar-refractivity contribution is -0.114. The monoisotopic (exact) mass is 1740 g/mol. The van der Waals surface area contributed by atoms with E-state index in [9.17, 15) is 67.8 Å². The molecule has 3 aliphatic carbocycles. The Bertz CT molecular complexity index is 5810. The van der Waals surface area contributed by atoms with Crippen LogP contribution in [0.25, 0.3) is 51.2 Å². The molecular formula is C75H60Cl4N26O15S. The molecule has 0 atom stereocenters. The van der Waals surface area contributed by atoms with Crippen molar-refractivity contribution in [1.82, 2.24) is 129 Å². The van der Waals surface area contributed by atoms with E-state index in [1.165, 1.54) is 134 Å². The van der Waals surface area contributed by atoms with E-state index in [1.807, 2.05) is 18.2 Å². The molecule has 0 unspecified atom stereocenters. The lowest BCUT2D eigenvalue weighted by Crippen LogP contribution is -2.31. The van der Waals surface area contributed by atoms with Crippen LogP contribution in [0.15, 0.2) is 326 Å². The predicted molar refractivity (Wildman–Crippen MR) is 433 cm³/mol. The number of allylic oxidation sites excluding steroid dienone is 12. The summed E-state index contributed by atoms with van der Waals surface area (Å²) in [5.74, 6) is -2.31. The number of halogens is 4. The zero-order valence-electron chi connectivity index (χ0n) is 61.4. The van der Waals surface area contributed by atoms with Crippen LogP contribution in [-0.4, -0.2) is 207 Å². The second-order valence-corrected chi connectivity index (χ2v) is 25.9. The average molecular weight is 1740 g/mol. The van der Waals surface area contributed by atoms with Crippen molar-refractivity contribution in [1.29, 1.82) is 0 Å². The van der Waals surface area contributed by atoms with Crippen LogP contribution in [0.1, 0.15) is 0 Å². The Hall–Kier alpha value is -16.3. The maximum absolute atomic E-state index is 13.6. The quantitative estimate of drug-likeness (QED) is 0.0346. The zero-order valence-corrected chi connectivity index (χ0v) is 65.3. The molecule has 11 N–H and O–H groups in total. The van der Waals surface area contributed by atoms with Crippen LogP contribution in [0.5, 0.6) is 34.5 Å². The maximum Gasteiger partial charge on any atom is 0.297 e. The molecule has 13 aromatic heterocycles. The molecule has 0 saturated heterocycles. The molecule has 13 heterocycles. The Morgan fingerprint density at radius 1 is 0.306 bits per heavy atom. The number of aromatic nitrogens is 26. The minimum Gasteiger partial charge on any atom is -0.508 e. The molecule has 19 rings (SSSR count). The summed E-state index contributed by atoms with van der Waals surface area (Å²) in [6.07, 6.45) is 46.4. The van der Waals surface area contributed by atoms with Crippen molar-refractivity contribution in [2.24, 2.45) is 0 Å². The summed E-state index contributed by atoms with van der Waals surface area (Å²) in [5.41, 5.74) is 2.37. The van der Waals surface area contributed by atoms with Gasteiger partial charge < -0.3 is 30.6 Å². The van der Waals surface area contributed by atoms with Crippen molar-refractivity contribution < 1.29 is 72.4 Å². The Morgan fingerprint density at radius 3 is 0.818 bits per heavy atom. The molecule has 0 fully saturated rings. The lowest BCUT2D eigenvalue weighted by atomic mass is 9.99. The van der Waals surface area contributed by atoms with Gasteiger partial charge in [0.05, 0.1) is 6.20 Å². The number of carbonyl (C=O) groups excluding carboxylic acids is 6. The number of benzene rings is 3. The second kappa shape index (κ2) is 42.4. The van der Waals surface area contributed by atoms with Gasteiger partial charge in [-0.2, -0.15) is 74.7 Å². The summed E-state index contributed by atoms with van der Waals surface area (Å²) in [4.78, 5) is 69.5. The first kappa shape index (κ1) is 87.1. The van der Waals surface area contributed by atoms with Crippen molar-refractivity contribution in [3.05, 3.63) is 321 Å². The van der Waals surface area contributed by atoms with E-state index >= 15 is 0 Å². The van der Waals surface area contributed by atoms with Crippen LogP contribution >= 0.6 is 46.4 Å². The van der Waals surface area contributed by atoms with Gasteiger partial charge in [-0.15, -0.1) is 0 Å². The fraction of sp³-hybridized carbons (Fsp3) is 0. The number of ketones is 6. The normalized spacial score (nSPS) is 12.7. The summed E-state index contributed by atoms with van der Waals surface area (Å²) < 4.78 is 41.5. The van der Waals surface area contributed by atoms with Gasteiger partial charge in [-0.1, -0.05) is 46.4 Å². The van der Waals surface area contributed by atoms with Gasteiger partial charge in [0.2, 0.25) is 23.1 Å². The first-order valence-electron chi connectivity index (χ1n) is 34.0. The van der Waals surface area contributed by atoms with Crippen LogP contribution < -0.4 is 0 Å². The molecule has 614 valence electrons. The Labute approximate surface area is 699 Å². The number of carbonyl (C=O) groups is 6. The highest BCUT2D eigenvalue weighted by Gasteiger charge is 2.40. The molecule has 0 bridgehead atoms. The molecule has 16 aromatic rings. The van der Waals surface area contributed by atoms with Gasteiger partial charge in [-0.3, -0.25) is 53.7 Å². The van der Waals surface area contributed by atoms with E-state index in [0.717, 1.165) is 12.4 Å². The average Bonchev–Trinajstić information content (AvgIpc) is 1.73. The fourth-order valence-electron chi connectivity index (χ4n) is 9.83. The van der Waals surface area contributed by atoms with Gasteiger partial charge in [0.1, 0.15) is 111 Å². The van der Waals surface area contributed by atoms with E-state index in [4.69, 9.17) is 51.0 Å². The van der Waals surface area contributed by atoms with Gasteiger partial charge in [-0.25, -0.2) is 42.1 Å². The molecule has 3 aliphatic rings. The molecule has 46 heteroatoms. The van der Waals surface area contributed by atoms with Crippen LogP contribution in [0.2, 0.25) is 0 Å². The third kappa shape index (κ3) is 23.3. The van der Waals surface area contributed by atoms with Crippen molar-refractivity contribution in [2.45, 2.75) is 4.90 Å². The minimum atomic E-state index is -4.05. The molecule has 3 aromatic carbocycles. The van der Waals surface area contributed by atoms with E-state index < -0.39 is 53.4 Å². The number of H-pyrrole nitrogens is 4. The van der Waals surface area contributed by atoms with Gasteiger partial charge >= 0.3 is 0 Å². The summed E-state index contributed by atoms with van der Waals surface area (Å²) in [6.45, 7) is 0. The van der Waals surface area contributed by atoms with Gasteiger partial charge in [0, 0.05) is 173 Å². The molecule has 0 aliphatic heterocycles. The fourth-order valence-corrected chi connectivity index (χ4v) is 11.0. The highest BCUT2D eigenvalue weighted by atomic mass is 35.5. The van der Waals surface area contributed by atoms with Crippen molar-refractivity contribution in [3.63, 3.8) is 0 Å². The van der Waals surface area contributed by atoms with Gasteiger partial charge in [-0.05, 0) is 121 Å². The van der Waals surface area contributed by atoms with E-state index in [1.54, 1.807) is 179 Å². The molecular weight excluding hydrogens is 1680 g/mol. The Morgan fingerprint density at radius 2 is 0.587 bits per heavy atom. The van der Waals surface area contributed by atoms with Crippen LogP contribution in [-0.2, 0) is 38.9 Å². The third-order valence-electron chi connectivity index (χ3n) is 15.1. The molecule has 0 amide bonds. The number of aromatic hydroxyl groups is 6. The van der Waals surface area contributed by atoms with Gasteiger partial charge in [0.15, 0.2) is 11.6 Å². The standard InChI is InChI=1S/C18H12N8O2.2C12H10N4O2.C9H8N2O2.C6Cl4O2.C6H4O2.C3H4N2O3S.3C3H4N2/c27-17-13(23-9-1-5-19-23)14(24-10-2-6-20-24)18(28)16(26-12-4-8-22-26)15(17)25-11-3-7-21-25;17-9-3-4-10(18)12(16-8-2-6-14-16)11(9)15-7-1-5-13-15;17-11-8-10(16-6-2-4-14-16)12(18)7-9(11)15-5-1-3-13-15;12-7-2-3-9(13)8(6-7)11-5-1-4-10-11;7-1-2(8)6(12)4(10)3(9)5(1)11;7-5-1-2-6(8)4-3-5;6-9(7,8)3-1-4-5-2-3;3*1-2-4-5-3-1/h1-12H;2*1-8,17-18H;1-6,12-13H;;1-4H;1-2H,(H,4,5)(H,6,7,8);3*1-3H,(H,4,5). The molecule has 121 heavy (non-hydrogen) atoms. The number of phenols is 6. The number of phenolic OH excluding ortho intramolecular Hbond substituents is 6. The largest absolute Gasteiger partial charge is 0.508 e. The second-order valence-electron chi connectivity index (χ2n) is 23.0. The SMILES string of the molecule is O=C1C(Cl)=C(Cl)C(=O)C(Cl)=C1Cl.O=C1C(n2cccn2)=C(n2cccn2)C(=O)C(n2cccn2)=C1n1cccn1.O=C1C=CC(=O)C=C1.O=S(=O)(O)c1cn[nH]c1.Oc1cc(-n2cccn2)c(O)cc1-n1cccn1.Oc1ccc(O)c(-n2cccn2)c1.Oc1ccc(O)c(-n2cccn2)c1-n1cccn1.c1cn[nH]c1.c1cn[nH]c1.c1cn[nH]c1. The van der Waals surface area contributed by atoms with Crippen molar-refractivity contribution in [3.8, 4) is 62.9 Å². The van der Waals surface area contributed by atoms with Crippen LogP contribution in [0.4, 0.5) is 0 Å². The Kier molecular flexibility index (Phi) is 30.5. The summed E-state index contributed by atoms with van der Waals surface area (Å²) in [6, 6.07) is 30.9. The molecule has 0 spiro atoms. The third-order valence-corrected chi connectivity index (χ3v) is 17.6. The highest BCUT2D eigenvalue weighted by Crippen LogP contribution is 2.38. The number of nitrogens with zero attached hydrogens (tertiary/aromatic N) is 22. The molecule has 0 radical (unpaired) electrons.